The highest BCUT2D eigenvalue weighted by molar-refractivity contribution is 6.30. The number of hydrogen-bond acceptors (Lipinski definition) is 4. The predicted molar refractivity (Wildman–Crippen MR) is 110 cm³/mol. The van der Waals surface area contributed by atoms with Gasteiger partial charge in [-0.1, -0.05) is 23.4 Å². The lowest BCUT2D eigenvalue weighted by molar-refractivity contribution is -0.131. The van der Waals surface area contributed by atoms with Crippen molar-refractivity contribution in [1.29, 1.82) is 0 Å². The van der Waals surface area contributed by atoms with E-state index in [1.54, 1.807) is 48.5 Å². The number of nitrogens with zero attached hydrogens (tertiary/aromatic N) is 4. The standard InChI is InChI=1S/C21H18ClN5O2/c1-21(7-9-26(2)20(21)29)6-5-13-10-14(22)12-15(11-13)27-19-16(4-3-8-24-19)17(25-27)18(23)28/h3-4,8,10-12H,7,9H2,1-2H3,(H2,23,28)/t21-/m1/s1. The van der Waals surface area contributed by atoms with Gasteiger partial charge >= 0.3 is 0 Å². The maximum atomic E-state index is 12.3. The summed E-state index contributed by atoms with van der Waals surface area (Å²) in [6, 6.07) is 8.66. The number of carbonyl (C=O) groups excluding carboxylic acids is 2. The monoisotopic (exact) mass is 407 g/mol. The molecule has 1 saturated heterocycles. The van der Waals surface area contributed by atoms with Gasteiger partial charge in [0.2, 0.25) is 5.91 Å². The lowest BCUT2D eigenvalue weighted by Crippen LogP contribution is -2.28. The van der Waals surface area contributed by atoms with Gasteiger partial charge in [-0.2, -0.15) is 5.10 Å². The van der Waals surface area contributed by atoms with Crippen LogP contribution in [0, 0.1) is 17.3 Å². The highest BCUT2D eigenvalue weighted by atomic mass is 35.5. The zero-order valence-electron chi connectivity index (χ0n) is 15.9. The average Bonchev–Trinajstić information content (AvgIpc) is 3.20. The summed E-state index contributed by atoms with van der Waals surface area (Å²) in [7, 11) is 1.78. The average molecular weight is 408 g/mol. The van der Waals surface area contributed by atoms with Crippen LogP contribution in [0.1, 0.15) is 29.4 Å². The molecular formula is C21H18ClN5O2. The van der Waals surface area contributed by atoms with Gasteiger partial charge in [0, 0.05) is 30.4 Å². The number of primary amides is 1. The second-order valence-corrected chi connectivity index (χ2v) is 7.69. The summed E-state index contributed by atoms with van der Waals surface area (Å²) in [5.41, 5.74) is 6.60. The summed E-state index contributed by atoms with van der Waals surface area (Å²) in [5, 5.41) is 5.33. The summed E-state index contributed by atoms with van der Waals surface area (Å²) >= 11 is 6.31. The molecule has 0 spiro atoms. The maximum absolute atomic E-state index is 12.3. The van der Waals surface area contributed by atoms with E-state index in [0.717, 1.165) is 0 Å². The van der Waals surface area contributed by atoms with Crippen molar-refractivity contribution in [3.05, 3.63) is 52.8 Å². The van der Waals surface area contributed by atoms with E-state index in [2.05, 4.69) is 21.9 Å². The topological polar surface area (TPSA) is 94.1 Å². The van der Waals surface area contributed by atoms with Crippen LogP contribution >= 0.6 is 11.6 Å². The van der Waals surface area contributed by atoms with Gasteiger partial charge in [0.1, 0.15) is 5.41 Å². The van der Waals surface area contributed by atoms with Gasteiger partial charge in [0.25, 0.3) is 5.91 Å². The summed E-state index contributed by atoms with van der Waals surface area (Å²) < 4.78 is 1.52. The zero-order valence-corrected chi connectivity index (χ0v) is 16.7. The molecule has 2 aromatic heterocycles. The van der Waals surface area contributed by atoms with Crippen LogP contribution < -0.4 is 5.73 Å². The largest absolute Gasteiger partial charge is 0.364 e. The Hall–Kier alpha value is -3.37. The van der Waals surface area contributed by atoms with Crippen molar-refractivity contribution in [2.45, 2.75) is 13.3 Å². The first-order chi connectivity index (χ1) is 13.8. The Morgan fingerprint density at radius 2 is 2.14 bits per heavy atom. The maximum Gasteiger partial charge on any atom is 0.269 e. The molecule has 3 heterocycles. The van der Waals surface area contributed by atoms with Crippen LogP contribution in [0.25, 0.3) is 16.7 Å². The van der Waals surface area contributed by atoms with E-state index < -0.39 is 11.3 Å². The van der Waals surface area contributed by atoms with E-state index in [1.807, 2.05) is 6.92 Å². The fourth-order valence-corrected chi connectivity index (χ4v) is 3.66. The van der Waals surface area contributed by atoms with Crippen LogP contribution in [0.2, 0.25) is 5.02 Å². The van der Waals surface area contributed by atoms with E-state index in [1.165, 1.54) is 4.68 Å². The van der Waals surface area contributed by atoms with E-state index in [0.29, 0.717) is 40.3 Å². The smallest absolute Gasteiger partial charge is 0.269 e. The van der Waals surface area contributed by atoms with E-state index in [9.17, 15) is 9.59 Å². The van der Waals surface area contributed by atoms with Gasteiger partial charge in [-0.15, -0.1) is 0 Å². The first kappa shape index (κ1) is 19.0. The molecule has 0 bridgehead atoms. The second-order valence-electron chi connectivity index (χ2n) is 7.26. The Bertz CT molecular complexity index is 1220. The van der Waals surface area contributed by atoms with Gasteiger partial charge in [0.05, 0.1) is 11.1 Å². The number of pyridine rings is 1. The third-order valence-corrected chi connectivity index (χ3v) is 5.27. The Morgan fingerprint density at radius 3 is 2.83 bits per heavy atom. The van der Waals surface area contributed by atoms with E-state index in [-0.39, 0.29) is 11.6 Å². The van der Waals surface area contributed by atoms with Gasteiger partial charge < -0.3 is 10.6 Å². The summed E-state index contributed by atoms with van der Waals surface area (Å²) in [5.74, 6) is 5.55. The third kappa shape index (κ3) is 3.32. The van der Waals surface area contributed by atoms with Crippen molar-refractivity contribution in [1.82, 2.24) is 19.7 Å². The van der Waals surface area contributed by atoms with Crippen LogP contribution in [0.5, 0.6) is 0 Å². The number of carbonyl (C=O) groups is 2. The number of hydrogen-bond donors (Lipinski definition) is 1. The van der Waals surface area contributed by atoms with Crippen LogP contribution in [-0.4, -0.2) is 45.1 Å². The molecule has 1 atom stereocenters. The molecule has 0 saturated carbocycles. The number of aromatic nitrogens is 3. The molecule has 146 valence electrons. The van der Waals surface area contributed by atoms with Crippen molar-refractivity contribution in [2.75, 3.05) is 13.6 Å². The number of fused-ring (bicyclic) bond motifs is 1. The fraction of sp³-hybridized carbons (Fsp3) is 0.238. The molecular weight excluding hydrogens is 390 g/mol. The van der Waals surface area contributed by atoms with Crippen LogP contribution in [-0.2, 0) is 4.79 Å². The van der Waals surface area contributed by atoms with Crippen molar-refractivity contribution in [3.63, 3.8) is 0 Å². The fourth-order valence-electron chi connectivity index (χ4n) is 3.43. The Morgan fingerprint density at radius 1 is 1.34 bits per heavy atom. The Kier molecular flexibility index (Phi) is 4.52. The third-order valence-electron chi connectivity index (χ3n) is 5.05. The first-order valence-corrected chi connectivity index (χ1v) is 9.39. The number of amides is 2. The molecule has 3 aromatic rings. The summed E-state index contributed by atoms with van der Waals surface area (Å²) in [6.07, 6.45) is 2.29. The van der Waals surface area contributed by atoms with Crippen LogP contribution in [0.4, 0.5) is 0 Å². The summed E-state index contributed by atoms with van der Waals surface area (Å²) in [4.78, 5) is 30.1. The molecule has 2 N–H and O–H groups in total. The van der Waals surface area contributed by atoms with E-state index in [4.69, 9.17) is 17.3 Å². The minimum absolute atomic E-state index is 0.0145. The molecule has 1 aromatic carbocycles. The molecule has 2 amide bonds. The van der Waals surface area contributed by atoms with Gasteiger partial charge in [-0.05, 0) is 43.7 Å². The molecule has 0 aliphatic carbocycles. The molecule has 1 fully saturated rings. The highest BCUT2D eigenvalue weighted by Gasteiger charge is 2.39. The second kappa shape index (κ2) is 6.90. The van der Waals surface area contributed by atoms with Gasteiger partial charge in [-0.3, -0.25) is 9.59 Å². The summed E-state index contributed by atoms with van der Waals surface area (Å²) in [6.45, 7) is 2.53. The molecule has 29 heavy (non-hydrogen) atoms. The highest BCUT2D eigenvalue weighted by Crippen LogP contribution is 2.30. The molecule has 0 unspecified atom stereocenters. The zero-order chi connectivity index (χ0) is 20.8. The van der Waals surface area contributed by atoms with Crippen LogP contribution in [0.3, 0.4) is 0 Å². The van der Waals surface area contributed by atoms with Gasteiger partial charge in [-0.25, -0.2) is 9.67 Å². The SMILES string of the molecule is CN1CC[C@@](C)(C#Cc2cc(Cl)cc(-n3nc(C(N)=O)c4cccnc43)c2)C1=O. The minimum atomic E-state index is -0.712. The molecule has 8 heteroatoms. The minimum Gasteiger partial charge on any atom is -0.364 e. The molecule has 4 rings (SSSR count). The van der Waals surface area contributed by atoms with Crippen LogP contribution in [0.15, 0.2) is 36.5 Å². The number of nitrogens with two attached hydrogens (primary N) is 1. The van der Waals surface area contributed by atoms with Crippen molar-refractivity contribution in [3.8, 4) is 17.5 Å². The molecule has 1 aliphatic rings. The van der Waals surface area contributed by atoms with Crippen molar-refractivity contribution < 1.29 is 9.59 Å². The normalized spacial score (nSPS) is 18.7. The predicted octanol–water partition coefficient (Wildman–Crippen LogP) is 2.39. The van der Waals surface area contributed by atoms with E-state index >= 15 is 0 Å². The Balaban J connectivity index is 1.80. The molecule has 1 aliphatic heterocycles. The quantitative estimate of drug-likeness (QED) is 0.660. The number of benzene rings is 1. The lowest BCUT2D eigenvalue weighted by atomic mass is 9.89. The first-order valence-electron chi connectivity index (χ1n) is 9.02. The van der Waals surface area contributed by atoms with Gasteiger partial charge in [0.15, 0.2) is 11.3 Å². The lowest BCUT2D eigenvalue weighted by Gasteiger charge is -2.14. The molecule has 0 radical (unpaired) electrons. The van der Waals surface area contributed by atoms with Crippen molar-refractivity contribution in [2.24, 2.45) is 11.1 Å². The van der Waals surface area contributed by atoms with Crippen molar-refractivity contribution >= 4 is 34.4 Å². The number of likely N-dealkylation sites (tertiary alicyclic amines) is 1. The molecule has 7 nitrogen and oxygen atoms in total. The number of rotatable bonds is 2. The Labute approximate surface area is 172 Å². The number of halogens is 1.